The van der Waals surface area contributed by atoms with Crippen LogP contribution < -0.4 is 8.92 Å². The molecule has 0 unspecified atom stereocenters. The molecule has 2 aromatic carbocycles. The van der Waals surface area contributed by atoms with E-state index in [4.69, 9.17) is 4.74 Å². The van der Waals surface area contributed by atoms with Crippen molar-refractivity contribution in [1.82, 2.24) is 0 Å². The summed E-state index contributed by atoms with van der Waals surface area (Å²) in [6.07, 6.45) is 0. The summed E-state index contributed by atoms with van der Waals surface area (Å²) in [7, 11) is 0. The predicted octanol–water partition coefficient (Wildman–Crippen LogP) is 1.37. The molecule has 0 saturated carbocycles. The van der Waals surface area contributed by atoms with Crippen LogP contribution in [0.2, 0.25) is 0 Å². The molecule has 0 aromatic heterocycles. The van der Waals surface area contributed by atoms with E-state index in [0.717, 1.165) is 13.2 Å². The van der Waals surface area contributed by atoms with E-state index in [1.165, 1.54) is 20.1 Å². The van der Waals surface area contributed by atoms with E-state index < -0.39 is 0 Å². The molecule has 0 fully saturated rings. The van der Waals surface area contributed by atoms with Gasteiger partial charge < -0.3 is 0 Å². The van der Waals surface area contributed by atoms with Crippen LogP contribution in [0.1, 0.15) is 11.1 Å². The molecule has 1 aliphatic heterocycles. The fourth-order valence-electron chi connectivity index (χ4n) is 1.83. The molecule has 0 bridgehead atoms. The van der Waals surface area contributed by atoms with E-state index in [9.17, 15) is 0 Å². The third-order valence-electron chi connectivity index (χ3n) is 2.68. The van der Waals surface area contributed by atoms with Gasteiger partial charge in [-0.05, 0) is 0 Å². The first-order valence-electron chi connectivity index (χ1n) is 5.35. The summed E-state index contributed by atoms with van der Waals surface area (Å²) in [5, 5.41) is 0. The fourth-order valence-corrected chi connectivity index (χ4v) is 4.03. The molecule has 0 radical (unpaired) electrons. The SMILES string of the molecule is c1ccc2c(c1)COCc1ccccc1[Se]2. The maximum absolute atomic E-state index is 5.74. The molecule has 80 valence electrons. The first-order chi connectivity index (χ1) is 7.93. The van der Waals surface area contributed by atoms with Gasteiger partial charge in [0.15, 0.2) is 0 Å². The van der Waals surface area contributed by atoms with Crippen molar-refractivity contribution in [3.8, 4) is 0 Å². The van der Waals surface area contributed by atoms with Gasteiger partial charge in [0.1, 0.15) is 0 Å². The van der Waals surface area contributed by atoms with Crippen molar-refractivity contribution in [3.63, 3.8) is 0 Å². The fraction of sp³-hybridized carbons (Fsp3) is 0.143. The number of benzene rings is 2. The van der Waals surface area contributed by atoms with Crippen molar-refractivity contribution in [2.24, 2.45) is 0 Å². The number of hydrogen-bond donors (Lipinski definition) is 0. The van der Waals surface area contributed by atoms with Gasteiger partial charge in [-0.2, -0.15) is 0 Å². The predicted molar refractivity (Wildman–Crippen MR) is 66.4 cm³/mol. The summed E-state index contributed by atoms with van der Waals surface area (Å²) in [4.78, 5) is 0. The zero-order chi connectivity index (χ0) is 10.8. The van der Waals surface area contributed by atoms with Crippen LogP contribution in [0.4, 0.5) is 0 Å². The van der Waals surface area contributed by atoms with E-state index in [0.29, 0.717) is 15.0 Å². The minimum absolute atomic E-state index is 0.414. The number of rotatable bonds is 0. The van der Waals surface area contributed by atoms with Crippen molar-refractivity contribution in [2.45, 2.75) is 13.2 Å². The van der Waals surface area contributed by atoms with Gasteiger partial charge in [0.05, 0.1) is 0 Å². The summed E-state index contributed by atoms with van der Waals surface area (Å²) in [5.74, 6) is 0. The Morgan fingerprint density at radius 3 is 1.81 bits per heavy atom. The summed E-state index contributed by atoms with van der Waals surface area (Å²) >= 11 is 0.414. The molecule has 1 aliphatic rings. The van der Waals surface area contributed by atoms with Crippen molar-refractivity contribution in [1.29, 1.82) is 0 Å². The minimum atomic E-state index is 0.414. The topological polar surface area (TPSA) is 9.23 Å². The molecule has 0 spiro atoms. The van der Waals surface area contributed by atoms with Crippen molar-refractivity contribution in [2.75, 3.05) is 0 Å². The number of ether oxygens (including phenoxy) is 1. The molecule has 0 N–H and O–H groups in total. The average Bonchev–Trinajstić information content (AvgIpc) is 2.29. The third kappa shape index (κ3) is 1.92. The van der Waals surface area contributed by atoms with Crippen LogP contribution in [-0.2, 0) is 18.0 Å². The Labute approximate surface area is 102 Å². The van der Waals surface area contributed by atoms with E-state index in [1.807, 2.05) is 0 Å². The zero-order valence-corrected chi connectivity index (χ0v) is 10.6. The molecular weight excluding hydrogens is 263 g/mol. The summed E-state index contributed by atoms with van der Waals surface area (Å²) in [5.41, 5.74) is 2.69. The van der Waals surface area contributed by atoms with Gasteiger partial charge in [0.2, 0.25) is 0 Å². The van der Waals surface area contributed by atoms with Crippen LogP contribution in [0.3, 0.4) is 0 Å². The first kappa shape index (κ1) is 10.1. The van der Waals surface area contributed by atoms with Crippen LogP contribution in [-0.4, -0.2) is 15.0 Å². The third-order valence-corrected chi connectivity index (χ3v) is 5.27. The van der Waals surface area contributed by atoms with Crippen molar-refractivity contribution in [3.05, 3.63) is 59.7 Å². The van der Waals surface area contributed by atoms with Gasteiger partial charge in [-0.1, -0.05) is 0 Å². The van der Waals surface area contributed by atoms with E-state index >= 15 is 0 Å². The van der Waals surface area contributed by atoms with E-state index in [1.54, 1.807) is 0 Å². The van der Waals surface area contributed by atoms with Gasteiger partial charge in [-0.3, -0.25) is 0 Å². The molecule has 0 atom stereocenters. The van der Waals surface area contributed by atoms with Crippen LogP contribution in [0.25, 0.3) is 0 Å². The molecule has 0 amide bonds. The van der Waals surface area contributed by atoms with Crippen LogP contribution in [0.5, 0.6) is 0 Å². The monoisotopic (exact) mass is 276 g/mol. The summed E-state index contributed by atoms with van der Waals surface area (Å²) in [6, 6.07) is 17.2. The van der Waals surface area contributed by atoms with Gasteiger partial charge in [-0.15, -0.1) is 0 Å². The average molecular weight is 275 g/mol. The van der Waals surface area contributed by atoms with Crippen molar-refractivity contribution < 1.29 is 4.74 Å². The maximum atomic E-state index is 5.74. The van der Waals surface area contributed by atoms with E-state index in [2.05, 4.69) is 48.5 Å². The second kappa shape index (κ2) is 4.42. The second-order valence-electron chi connectivity index (χ2n) is 3.81. The molecule has 1 heterocycles. The van der Waals surface area contributed by atoms with E-state index in [-0.39, 0.29) is 0 Å². The Kier molecular flexibility index (Phi) is 2.79. The van der Waals surface area contributed by atoms with Gasteiger partial charge in [-0.25, -0.2) is 0 Å². The molecule has 2 aromatic rings. The van der Waals surface area contributed by atoms with Gasteiger partial charge in [0, 0.05) is 0 Å². The zero-order valence-electron chi connectivity index (χ0n) is 8.85. The normalized spacial score (nSPS) is 14.5. The standard InChI is InChI=1S/C14H12OSe/c1-3-7-13-11(5-1)9-15-10-12-6-2-4-8-14(12)16-13/h1-8H,9-10H2. The Bertz CT molecular complexity index is 462. The summed E-state index contributed by atoms with van der Waals surface area (Å²) in [6.45, 7) is 1.48. The Hall–Kier alpha value is -1.08. The summed E-state index contributed by atoms with van der Waals surface area (Å²) < 4.78 is 8.63. The number of hydrogen-bond acceptors (Lipinski definition) is 1. The molecule has 16 heavy (non-hydrogen) atoms. The van der Waals surface area contributed by atoms with Gasteiger partial charge >= 0.3 is 101 Å². The Morgan fingerprint density at radius 1 is 0.750 bits per heavy atom. The van der Waals surface area contributed by atoms with Crippen LogP contribution >= 0.6 is 0 Å². The molecular formula is C14H12OSe. The Balaban J connectivity index is 2.06. The quantitative estimate of drug-likeness (QED) is 0.660. The van der Waals surface area contributed by atoms with Crippen LogP contribution in [0, 0.1) is 0 Å². The molecule has 3 rings (SSSR count). The first-order valence-corrected chi connectivity index (χ1v) is 7.06. The number of fused-ring (bicyclic) bond motifs is 2. The molecule has 1 nitrogen and oxygen atoms in total. The van der Waals surface area contributed by atoms with Crippen LogP contribution in [0.15, 0.2) is 48.5 Å². The van der Waals surface area contributed by atoms with Crippen molar-refractivity contribution >= 4 is 23.9 Å². The molecule has 2 heteroatoms. The van der Waals surface area contributed by atoms with Gasteiger partial charge in [0.25, 0.3) is 0 Å². The second-order valence-corrected chi connectivity index (χ2v) is 6.08. The molecule has 0 saturated heterocycles. The Morgan fingerprint density at radius 2 is 1.25 bits per heavy atom. The molecule has 0 aliphatic carbocycles.